The van der Waals surface area contributed by atoms with E-state index >= 15 is 0 Å². The Bertz CT molecular complexity index is 1280. The predicted molar refractivity (Wildman–Crippen MR) is 140 cm³/mol. The van der Waals surface area contributed by atoms with Crippen LogP contribution in [-0.4, -0.2) is 46.9 Å². The number of likely N-dealkylation sites (tertiary alicyclic amines) is 1. The molecule has 0 aliphatic carbocycles. The first-order valence-electron chi connectivity index (χ1n) is 12.2. The number of fused-ring (bicyclic) bond motifs is 1. The minimum Gasteiger partial charge on any atom is -0.338 e. The first kappa shape index (κ1) is 23.6. The summed E-state index contributed by atoms with van der Waals surface area (Å²) >= 11 is 1.52. The summed E-state index contributed by atoms with van der Waals surface area (Å²) in [7, 11) is 1.88. The van der Waals surface area contributed by atoms with Crippen LogP contribution in [0.25, 0.3) is 10.9 Å². The van der Waals surface area contributed by atoms with Crippen LogP contribution in [0.1, 0.15) is 34.3 Å². The smallest absolute Gasteiger partial charge is 0.254 e. The molecule has 180 valence electrons. The summed E-state index contributed by atoms with van der Waals surface area (Å²) in [5.74, 6) is 0.127. The summed E-state index contributed by atoms with van der Waals surface area (Å²) in [5, 5.41) is 5.02. The average Bonchev–Trinajstić information content (AvgIpc) is 3.43. The Balaban J connectivity index is 1.31. The summed E-state index contributed by atoms with van der Waals surface area (Å²) in [6, 6.07) is 19.1. The Labute approximate surface area is 210 Å². The van der Waals surface area contributed by atoms with E-state index in [1.165, 1.54) is 28.4 Å². The number of rotatable bonds is 7. The molecule has 4 nitrogen and oxygen atoms in total. The molecular formula is C29H30FN3OS. The Hall–Kier alpha value is -3.09. The molecule has 1 fully saturated rings. The number of benzene rings is 2. The highest BCUT2D eigenvalue weighted by Crippen LogP contribution is 2.29. The van der Waals surface area contributed by atoms with E-state index in [9.17, 15) is 9.18 Å². The third-order valence-corrected chi connectivity index (χ3v) is 7.97. The highest BCUT2D eigenvalue weighted by Gasteiger charge is 2.32. The van der Waals surface area contributed by atoms with E-state index in [4.69, 9.17) is 0 Å². The molecule has 0 spiro atoms. The molecule has 0 radical (unpaired) electrons. The van der Waals surface area contributed by atoms with Gasteiger partial charge in [-0.3, -0.25) is 14.7 Å². The number of piperidine rings is 1. The van der Waals surface area contributed by atoms with Crippen molar-refractivity contribution in [2.75, 3.05) is 20.1 Å². The van der Waals surface area contributed by atoms with Gasteiger partial charge in [0.25, 0.3) is 5.91 Å². The number of likely N-dealkylation sites (N-methyl/N-ethyl adjacent to an activating group) is 1. The second-order valence-corrected chi connectivity index (χ2v) is 10.2. The van der Waals surface area contributed by atoms with Gasteiger partial charge in [0.2, 0.25) is 0 Å². The van der Waals surface area contributed by atoms with Crippen LogP contribution in [-0.2, 0) is 13.0 Å². The third kappa shape index (κ3) is 5.29. The minimum atomic E-state index is -0.198. The summed E-state index contributed by atoms with van der Waals surface area (Å²) in [6.45, 7) is 2.79. The number of hydrogen-bond donors (Lipinski definition) is 0. The van der Waals surface area contributed by atoms with E-state index in [2.05, 4.69) is 34.1 Å². The van der Waals surface area contributed by atoms with Gasteiger partial charge in [-0.1, -0.05) is 36.4 Å². The standard InChI is InChI=1S/C29H30FN3OS/c1-32(29(34)24-13-17-35-20-24)28(18-22-6-2-4-8-26(22)30)21-11-15-33(16-12-21)19-23-10-14-31-27-9-5-3-7-25(23)27/h2-10,13-14,17,20-21,28H,11-12,15-16,18-19H2,1H3. The molecule has 0 saturated carbocycles. The van der Waals surface area contributed by atoms with Gasteiger partial charge in [0.05, 0.1) is 11.1 Å². The van der Waals surface area contributed by atoms with Gasteiger partial charge in [-0.2, -0.15) is 11.3 Å². The van der Waals surface area contributed by atoms with Crippen LogP contribution in [0.15, 0.2) is 77.6 Å². The molecule has 4 aromatic rings. The van der Waals surface area contributed by atoms with Gasteiger partial charge in [0.1, 0.15) is 5.82 Å². The van der Waals surface area contributed by atoms with E-state index in [0.717, 1.165) is 38.0 Å². The number of hydrogen-bond acceptors (Lipinski definition) is 4. The van der Waals surface area contributed by atoms with Crippen LogP contribution < -0.4 is 0 Å². The van der Waals surface area contributed by atoms with Crippen molar-refractivity contribution in [3.8, 4) is 0 Å². The summed E-state index contributed by atoms with van der Waals surface area (Å²) < 4.78 is 14.6. The quantitative estimate of drug-likeness (QED) is 0.319. The first-order valence-corrected chi connectivity index (χ1v) is 13.1. The van der Waals surface area contributed by atoms with Gasteiger partial charge >= 0.3 is 0 Å². The lowest BCUT2D eigenvalue weighted by atomic mass is 9.84. The number of para-hydroxylation sites is 1. The van der Waals surface area contributed by atoms with Crippen molar-refractivity contribution < 1.29 is 9.18 Å². The fourth-order valence-corrected chi connectivity index (χ4v) is 5.91. The van der Waals surface area contributed by atoms with E-state index in [-0.39, 0.29) is 17.8 Å². The van der Waals surface area contributed by atoms with Crippen molar-refractivity contribution in [2.45, 2.75) is 31.8 Å². The first-order chi connectivity index (χ1) is 17.1. The van der Waals surface area contributed by atoms with Crippen LogP contribution in [0.3, 0.4) is 0 Å². The van der Waals surface area contributed by atoms with Crippen molar-refractivity contribution in [1.82, 2.24) is 14.8 Å². The molecule has 1 aliphatic rings. The number of pyridine rings is 1. The van der Waals surface area contributed by atoms with Gasteiger partial charge in [0.15, 0.2) is 0 Å². The molecule has 2 aromatic heterocycles. The largest absolute Gasteiger partial charge is 0.338 e. The molecule has 1 atom stereocenters. The van der Waals surface area contributed by atoms with Crippen LogP contribution in [0.5, 0.6) is 0 Å². The van der Waals surface area contributed by atoms with Gasteiger partial charge in [-0.05, 0) is 79.0 Å². The normalized spacial score (nSPS) is 15.8. The zero-order valence-electron chi connectivity index (χ0n) is 19.9. The lowest BCUT2D eigenvalue weighted by Crippen LogP contribution is -2.47. The van der Waals surface area contributed by atoms with E-state index in [1.807, 2.05) is 53.2 Å². The number of nitrogens with zero attached hydrogens (tertiary/aromatic N) is 3. The summed E-state index contributed by atoms with van der Waals surface area (Å²) in [4.78, 5) is 22.0. The van der Waals surface area contributed by atoms with Crippen LogP contribution in [0.4, 0.5) is 4.39 Å². The molecule has 35 heavy (non-hydrogen) atoms. The molecular weight excluding hydrogens is 457 g/mol. The zero-order chi connectivity index (χ0) is 24.2. The van der Waals surface area contributed by atoms with Crippen molar-refractivity contribution in [3.63, 3.8) is 0 Å². The maximum absolute atomic E-state index is 14.6. The number of amides is 1. The molecule has 1 saturated heterocycles. The molecule has 3 heterocycles. The Morgan fingerprint density at radius 1 is 1.09 bits per heavy atom. The number of thiophene rings is 1. The van der Waals surface area contributed by atoms with Crippen molar-refractivity contribution in [1.29, 1.82) is 0 Å². The van der Waals surface area contributed by atoms with Crippen LogP contribution in [0, 0.1) is 11.7 Å². The van der Waals surface area contributed by atoms with Crippen LogP contribution >= 0.6 is 11.3 Å². The third-order valence-electron chi connectivity index (χ3n) is 7.28. The number of carbonyl (C=O) groups excluding carboxylic acids is 1. The Morgan fingerprint density at radius 2 is 1.86 bits per heavy atom. The fraction of sp³-hybridized carbons (Fsp3) is 0.310. The molecule has 5 rings (SSSR count). The zero-order valence-corrected chi connectivity index (χ0v) is 20.8. The Kier molecular flexibility index (Phi) is 7.21. The summed E-state index contributed by atoms with van der Waals surface area (Å²) in [6.07, 6.45) is 4.37. The van der Waals surface area contributed by atoms with E-state index < -0.39 is 0 Å². The van der Waals surface area contributed by atoms with Crippen molar-refractivity contribution in [3.05, 3.63) is 100 Å². The maximum atomic E-state index is 14.6. The van der Waals surface area contributed by atoms with Gasteiger partial charge in [-0.25, -0.2) is 4.39 Å². The second-order valence-electron chi connectivity index (χ2n) is 9.39. The Morgan fingerprint density at radius 3 is 2.63 bits per heavy atom. The molecule has 6 heteroatoms. The molecule has 1 aliphatic heterocycles. The monoisotopic (exact) mass is 487 g/mol. The number of aromatic nitrogens is 1. The SMILES string of the molecule is CN(C(=O)c1ccsc1)C(Cc1ccccc1F)C1CCN(Cc2ccnc3ccccc23)CC1. The highest BCUT2D eigenvalue weighted by molar-refractivity contribution is 7.08. The molecule has 0 N–H and O–H groups in total. The molecule has 1 unspecified atom stereocenters. The molecule has 0 bridgehead atoms. The highest BCUT2D eigenvalue weighted by atomic mass is 32.1. The molecule has 2 aromatic carbocycles. The van der Waals surface area contributed by atoms with Crippen molar-refractivity contribution >= 4 is 28.1 Å². The van der Waals surface area contributed by atoms with Crippen LogP contribution in [0.2, 0.25) is 0 Å². The van der Waals surface area contributed by atoms with Gasteiger partial charge < -0.3 is 4.90 Å². The van der Waals surface area contributed by atoms with Gasteiger partial charge in [-0.15, -0.1) is 0 Å². The fourth-order valence-electron chi connectivity index (χ4n) is 5.28. The maximum Gasteiger partial charge on any atom is 0.254 e. The lowest BCUT2D eigenvalue weighted by molar-refractivity contribution is 0.0584. The van der Waals surface area contributed by atoms with Crippen molar-refractivity contribution in [2.24, 2.45) is 5.92 Å². The number of carbonyl (C=O) groups is 1. The summed E-state index contributed by atoms with van der Waals surface area (Å²) in [5.41, 5.74) is 3.70. The second kappa shape index (κ2) is 10.7. The minimum absolute atomic E-state index is 0.0123. The lowest BCUT2D eigenvalue weighted by Gasteiger charge is -2.40. The molecule has 1 amide bonds. The van der Waals surface area contributed by atoms with E-state index in [0.29, 0.717) is 23.5 Å². The average molecular weight is 488 g/mol. The number of halogens is 1. The topological polar surface area (TPSA) is 36.4 Å². The predicted octanol–water partition coefficient (Wildman–Crippen LogP) is 6.03. The van der Waals surface area contributed by atoms with E-state index in [1.54, 1.807) is 6.07 Å². The van der Waals surface area contributed by atoms with Gasteiger partial charge in [0, 0.05) is 36.6 Å².